The van der Waals surface area contributed by atoms with Crippen LogP contribution in [0.1, 0.15) is 35.1 Å². The van der Waals surface area contributed by atoms with Crippen LogP contribution in [0.4, 0.5) is 0 Å². The molecule has 0 spiro atoms. The van der Waals surface area contributed by atoms with Crippen molar-refractivity contribution in [3.05, 3.63) is 23.0 Å². The van der Waals surface area contributed by atoms with Gasteiger partial charge in [-0.1, -0.05) is 0 Å². The van der Waals surface area contributed by atoms with E-state index in [2.05, 4.69) is 9.88 Å². The van der Waals surface area contributed by atoms with Gasteiger partial charge in [-0.25, -0.2) is 0 Å². The minimum Gasteiger partial charge on any atom is -0.389 e. The van der Waals surface area contributed by atoms with E-state index in [0.717, 1.165) is 17.9 Å². The fourth-order valence-electron chi connectivity index (χ4n) is 3.31. The van der Waals surface area contributed by atoms with Crippen molar-refractivity contribution in [1.29, 1.82) is 0 Å². The average molecular weight is 337 g/mol. The van der Waals surface area contributed by atoms with Gasteiger partial charge in [-0.05, 0) is 33.3 Å². The highest BCUT2D eigenvalue weighted by molar-refractivity contribution is 5.96. The molecule has 1 saturated heterocycles. The van der Waals surface area contributed by atoms with Crippen molar-refractivity contribution in [2.75, 3.05) is 26.8 Å². The number of aliphatic hydroxyl groups is 1. The van der Waals surface area contributed by atoms with Gasteiger partial charge < -0.3 is 24.6 Å². The molecule has 2 atom stereocenters. The van der Waals surface area contributed by atoms with Crippen LogP contribution in [0.2, 0.25) is 0 Å². The molecule has 7 heteroatoms. The summed E-state index contributed by atoms with van der Waals surface area (Å²) in [6, 6.07) is 1.52. The molecule has 2 rings (SSSR count). The molecule has 0 radical (unpaired) electrons. The number of β-amino-alcohol motifs (C(OH)–C–C–N with tert-alkyl or cyclic N) is 1. The number of amides is 2. The van der Waals surface area contributed by atoms with E-state index in [9.17, 15) is 14.7 Å². The number of carbonyl (C=O) groups excluding carboxylic acids is 2. The average Bonchev–Trinajstić information content (AvgIpc) is 2.83. The van der Waals surface area contributed by atoms with Crippen LogP contribution in [0.3, 0.4) is 0 Å². The largest absolute Gasteiger partial charge is 0.389 e. The maximum absolute atomic E-state index is 12.5. The van der Waals surface area contributed by atoms with E-state index in [4.69, 9.17) is 4.74 Å². The van der Waals surface area contributed by atoms with Crippen molar-refractivity contribution in [3.63, 3.8) is 0 Å². The number of piperidine rings is 1. The number of ether oxygens (including phenoxy) is 1. The van der Waals surface area contributed by atoms with Gasteiger partial charge in [-0.3, -0.25) is 9.59 Å². The zero-order chi connectivity index (χ0) is 17.9. The first-order chi connectivity index (χ1) is 11.4. The van der Waals surface area contributed by atoms with Gasteiger partial charge in [-0.15, -0.1) is 0 Å². The summed E-state index contributed by atoms with van der Waals surface area (Å²) in [6.07, 6.45) is -0.257. The molecule has 0 unspecified atom stereocenters. The first-order valence-electron chi connectivity index (χ1n) is 8.31. The number of aromatic nitrogens is 1. The Bertz CT molecular complexity index is 611. The van der Waals surface area contributed by atoms with Gasteiger partial charge in [0.2, 0.25) is 5.91 Å². The Morgan fingerprint density at radius 3 is 2.67 bits per heavy atom. The number of rotatable bonds is 5. The number of aliphatic hydroxyl groups excluding tert-OH is 1. The SMILES string of the molecule is CCn1c(C)cc(C(=O)N[C@@H]2CCN(C(=O)COC)C[C@H]2O)c1C. The summed E-state index contributed by atoms with van der Waals surface area (Å²) < 4.78 is 6.91. The summed E-state index contributed by atoms with van der Waals surface area (Å²) in [5, 5.41) is 13.2. The maximum Gasteiger partial charge on any atom is 0.253 e. The van der Waals surface area contributed by atoms with Gasteiger partial charge in [0.05, 0.1) is 17.7 Å². The summed E-state index contributed by atoms with van der Waals surface area (Å²) in [6.45, 7) is 7.47. The van der Waals surface area contributed by atoms with Crippen LogP contribution in [-0.4, -0.2) is 65.3 Å². The van der Waals surface area contributed by atoms with E-state index in [0.29, 0.717) is 18.5 Å². The summed E-state index contributed by atoms with van der Waals surface area (Å²) in [7, 11) is 1.47. The molecule has 1 aliphatic rings. The third-order valence-corrected chi connectivity index (χ3v) is 4.65. The smallest absolute Gasteiger partial charge is 0.253 e. The molecule has 2 amide bonds. The van der Waals surface area contributed by atoms with Gasteiger partial charge in [0.25, 0.3) is 5.91 Å². The number of aryl methyl sites for hydroxylation is 1. The highest BCUT2D eigenvalue weighted by atomic mass is 16.5. The molecule has 1 aromatic heterocycles. The number of hydrogen-bond acceptors (Lipinski definition) is 4. The number of hydrogen-bond donors (Lipinski definition) is 2. The molecule has 2 heterocycles. The van der Waals surface area contributed by atoms with Crippen molar-refractivity contribution in [2.24, 2.45) is 0 Å². The minimum absolute atomic E-state index is 0.00670. The van der Waals surface area contributed by atoms with Crippen LogP contribution in [0.5, 0.6) is 0 Å². The number of methoxy groups -OCH3 is 1. The summed E-state index contributed by atoms with van der Waals surface area (Å²) in [4.78, 5) is 25.9. The van der Waals surface area contributed by atoms with Crippen LogP contribution in [-0.2, 0) is 16.1 Å². The molecule has 1 fully saturated rings. The summed E-state index contributed by atoms with van der Waals surface area (Å²) in [5.74, 6) is -0.323. The highest BCUT2D eigenvalue weighted by Gasteiger charge is 2.31. The molecule has 0 aliphatic carbocycles. The molecule has 0 saturated carbocycles. The first kappa shape index (κ1) is 18.5. The van der Waals surface area contributed by atoms with E-state index in [1.807, 2.05) is 26.8 Å². The second-order valence-electron chi connectivity index (χ2n) is 6.24. The zero-order valence-corrected chi connectivity index (χ0v) is 14.8. The summed E-state index contributed by atoms with van der Waals surface area (Å²) >= 11 is 0. The van der Waals surface area contributed by atoms with Crippen LogP contribution in [0, 0.1) is 13.8 Å². The van der Waals surface area contributed by atoms with Crippen LogP contribution < -0.4 is 5.32 Å². The molecule has 1 aromatic rings. The maximum atomic E-state index is 12.5. The number of likely N-dealkylation sites (tertiary alicyclic amines) is 1. The van der Waals surface area contributed by atoms with Crippen molar-refractivity contribution in [3.8, 4) is 0 Å². The fraction of sp³-hybridized carbons (Fsp3) is 0.647. The van der Waals surface area contributed by atoms with E-state index in [1.165, 1.54) is 7.11 Å². The number of carbonyl (C=O) groups is 2. The van der Waals surface area contributed by atoms with Crippen LogP contribution in [0.25, 0.3) is 0 Å². The number of nitrogens with zero attached hydrogens (tertiary/aromatic N) is 2. The predicted octanol–water partition coefficient (Wildman–Crippen LogP) is 0.463. The highest BCUT2D eigenvalue weighted by Crippen LogP contribution is 2.17. The lowest BCUT2D eigenvalue weighted by atomic mass is 10.0. The molecular weight excluding hydrogens is 310 g/mol. The molecule has 2 N–H and O–H groups in total. The zero-order valence-electron chi connectivity index (χ0n) is 14.8. The predicted molar refractivity (Wildman–Crippen MR) is 89.9 cm³/mol. The second kappa shape index (κ2) is 7.81. The van der Waals surface area contributed by atoms with E-state index < -0.39 is 6.10 Å². The van der Waals surface area contributed by atoms with Gasteiger partial charge in [-0.2, -0.15) is 0 Å². The van der Waals surface area contributed by atoms with Crippen molar-refractivity contribution >= 4 is 11.8 Å². The number of nitrogens with one attached hydrogen (secondary N) is 1. The van der Waals surface area contributed by atoms with Crippen LogP contribution >= 0.6 is 0 Å². The Hall–Kier alpha value is -1.86. The Morgan fingerprint density at radius 2 is 2.12 bits per heavy atom. The monoisotopic (exact) mass is 337 g/mol. The van der Waals surface area contributed by atoms with Crippen LogP contribution in [0.15, 0.2) is 6.07 Å². The molecular formula is C17H27N3O4. The van der Waals surface area contributed by atoms with Gasteiger partial charge in [0.15, 0.2) is 0 Å². The molecule has 24 heavy (non-hydrogen) atoms. The molecule has 0 bridgehead atoms. The third-order valence-electron chi connectivity index (χ3n) is 4.65. The third kappa shape index (κ3) is 3.79. The van der Waals surface area contributed by atoms with Crippen molar-refractivity contribution < 1.29 is 19.4 Å². The normalized spacial score (nSPS) is 21.0. The quantitative estimate of drug-likeness (QED) is 0.818. The molecule has 134 valence electrons. The van der Waals surface area contributed by atoms with Gasteiger partial charge >= 0.3 is 0 Å². The van der Waals surface area contributed by atoms with Crippen molar-refractivity contribution in [1.82, 2.24) is 14.8 Å². The summed E-state index contributed by atoms with van der Waals surface area (Å²) in [5.41, 5.74) is 2.61. The Kier molecular flexibility index (Phi) is 6.01. The molecule has 0 aromatic carbocycles. The minimum atomic E-state index is -0.779. The van der Waals surface area contributed by atoms with Crippen molar-refractivity contribution in [2.45, 2.75) is 45.9 Å². The molecule has 1 aliphatic heterocycles. The fourth-order valence-corrected chi connectivity index (χ4v) is 3.31. The lowest BCUT2D eigenvalue weighted by molar-refractivity contribution is -0.138. The Balaban J connectivity index is 1.99. The van der Waals surface area contributed by atoms with Gasteiger partial charge in [0.1, 0.15) is 6.61 Å². The van der Waals surface area contributed by atoms with E-state index in [-0.39, 0.29) is 31.0 Å². The second-order valence-corrected chi connectivity index (χ2v) is 6.24. The van der Waals surface area contributed by atoms with Gasteiger partial charge in [0, 0.05) is 38.1 Å². The lowest BCUT2D eigenvalue weighted by Crippen LogP contribution is -2.55. The Labute approximate surface area is 142 Å². The topological polar surface area (TPSA) is 83.8 Å². The van der Waals surface area contributed by atoms with E-state index in [1.54, 1.807) is 4.90 Å². The van der Waals surface area contributed by atoms with E-state index >= 15 is 0 Å². The Morgan fingerprint density at radius 1 is 1.42 bits per heavy atom. The first-order valence-corrected chi connectivity index (χ1v) is 8.31. The molecule has 7 nitrogen and oxygen atoms in total. The standard InChI is InChI=1S/C17H27N3O4/c1-5-20-11(2)8-13(12(20)3)17(23)18-14-6-7-19(9-15(14)21)16(22)10-24-4/h8,14-15,21H,5-7,9-10H2,1-4H3,(H,18,23)/t14-,15-/m1/s1. The lowest BCUT2D eigenvalue weighted by Gasteiger charge is -2.36.